The second kappa shape index (κ2) is 10.2. The number of carbonyl (C=O) groups is 1. The predicted molar refractivity (Wildman–Crippen MR) is 92.1 cm³/mol. The molecule has 6 nitrogen and oxygen atoms in total. The van der Waals surface area contributed by atoms with Crippen LogP contribution in [-0.4, -0.2) is 44.7 Å². The number of nitrogens with zero attached hydrogens (tertiary/aromatic N) is 1. The minimum absolute atomic E-state index is 0.0925. The number of amides is 1. The molecule has 0 aliphatic carbocycles. The van der Waals surface area contributed by atoms with Crippen LogP contribution in [0.15, 0.2) is 33.7 Å². The number of nitrogens with two attached hydrogens (primary N) is 1. The van der Waals surface area contributed by atoms with E-state index < -0.39 is 0 Å². The fourth-order valence-electron chi connectivity index (χ4n) is 1.80. The lowest BCUT2D eigenvalue weighted by molar-refractivity contribution is 0.0953. The first-order valence-corrected chi connectivity index (χ1v) is 7.91. The molecule has 7 heteroatoms. The van der Waals surface area contributed by atoms with Crippen LogP contribution in [0.2, 0.25) is 0 Å². The number of guanidine groups is 1. The molecule has 1 rings (SSSR count). The average molecular weight is 371 g/mol. The first-order valence-electron chi connectivity index (χ1n) is 7.12. The molecule has 0 aromatic heterocycles. The molecular weight excluding hydrogens is 348 g/mol. The Morgan fingerprint density at radius 2 is 2.27 bits per heavy atom. The van der Waals surface area contributed by atoms with E-state index in [-0.39, 0.29) is 11.9 Å². The Balaban J connectivity index is 2.23. The van der Waals surface area contributed by atoms with Gasteiger partial charge in [-0.1, -0.05) is 22.0 Å². The molecule has 22 heavy (non-hydrogen) atoms. The summed E-state index contributed by atoms with van der Waals surface area (Å²) in [6.07, 6.45) is 0.723. The number of carbonyl (C=O) groups excluding carboxylic acids is 1. The van der Waals surface area contributed by atoms with Crippen LogP contribution in [0, 0.1) is 0 Å². The Morgan fingerprint density at radius 3 is 2.95 bits per heavy atom. The summed E-state index contributed by atoms with van der Waals surface area (Å²) in [6.45, 7) is 3.63. The maximum Gasteiger partial charge on any atom is 0.251 e. The number of benzene rings is 1. The molecule has 1 aromatic carbocycles. The summed E-state index contributed by atoms with van der Waals surface area (Å²) in [7, 11) is 1.64. The van der Waals surface area contributed by atoms with Crippen molar-refractivity contribution in [3.63, 3.8) is 0 Å². The number of halogens is 1. The molecule has 0 saturated heterocycles. The van der Waals surface area contributed by atoms with Crippen molar-refractivity contribution in [2.24, 2.45) is 10.7 Å². The molecule has 0 aliphatic rings. The van der Waals surface area contributed by atoms with Crippen molar-refractivity contribution in [3.05, 3.63) is 34.3 Å². The summed E-state index contributed by atoms with van der Waals surface area (Å²) in [5, 5.41) is 5.87. The van der Waals surface area contributed by atoms with E-state index in [4.69, 9.17) is 10.5 Å². The van der Waals surface area contributed by atoms with Gasteiger partial charge >= 0.3 is 0 Å². The van der Waals surface area contributed by atoms with Gasteiger partial charge in [0.2, 0.25) is 0 Å². The summed E-state index contributed by atoms with van der Waals surface area (Å²) < 4.78 is 5.88. The van der Waals surface area contributed by atoms with Crippen molar-refractivity contribution in [2.45, 2.75) is 19.4 Å². The van der Waals surface area contributed by atoms with E-state index in [9.17, 15) is 4.79 Å². The zero-order valence-electron chi connectivity index (χ0n) is 12.9. The van der Waals surface area contributed by atoms with E-state index >= 15 is 0 Å². The fraction of sp³-hybridized carbons (Fsp3) is 0.467. The molecule has 122 valence electrons. The number of methoxy groups -OCH3 is 1. The first kappa shape index (κ1) is 18.4. The topological polar surface area (TPSA) is 88.7 Å². The highest BCUT2D eigenvalue weighted by Crippen LogP contribution is 2.11. The van der Waals surface area contributed by atoms with Gasteiger partial charge in [-0.05, 0) is 31.5 Å². The second-order valence-electron chi connectivity index (χ2n) is 4.89. The Kier molecular flexibility index (Phi) is 8.54. The predicted octanol–water partition coefficient (Wildman–Crippen LogP) is 1.51. The largest absolute Gasteiger partial charge is 0.383 e. The molecule has 0 saturated carbocycles. The SMILES string of the molecule is COCC(C)NC(N)=NCCCNC(=O)c1cccc(Br)c1. The molecule has 0 spiro atoms. The third kappa shape index (κ3) is 7.42. The number of hydrogen-bond donors (Lipinski definition) is 3. The summed E-state index contributed by atoms with van der Waals surface area (Å²) in [5.41, 5.74) is 6.38. The standard InChI is InChI=1S/C15H23BrN4O2/c1-11(10-22-2)20-15(17)19-8-4-7-18-14(21)12-5-3-6-13(16)9-12/h3,5-6,9,11H,4,7-8,10H2,1-2H3,(H,18,21)(H3,17,19,20). The summed E-state index contributed by atoms with van der Waals surface area (Å²) in [6, 6.07) is 7.39. The average Bonchev–Trinajstić information content (AvgIpc) is 2.46. The van der Waals surface area contributed by atoms with Crippen LogP contribution >= 0.6 is 15.9 Å². The van der Waals surface area contributed by atoms with Gasteiger partial charge in [-0.15, -0.1) is 0 Å². The minimum Gasteiger partial charge on any atom is -0.383 e. The van der Waals surface area contributed by atoms with Gasteiger partial charge in [-0.25, -0.2) is 0 Å². The van der Waals surface area contributed by atoms with E-state index in [0.717, 1.165) is 10.9 Å². The summed E-state index contributed by atoms with van der Waals surface area (Å²) >= 11 is 3.34. The van der Waals surface area contributed by atoms with Crippen molar-refractivity contribution in [1.29, 1.82) is 0 Å². The highest BCUT2D eigenvalue weighted by atomic mass is 79.9. The van der Waals surface area contributed by atoms with Crippen LogP contribution in [0.4, 0.5) is 0 Å². The number of nitrogens with one attached hydrogen (secondary N) is 2. The van der Waals surface area contributed by atoms with Gasteiger partial charge < -0.3 is 21.1 Å². The lowest BCUT2D eigenvalue weighted by Gasteiger charge is -2.13. The molecule has 1 amide bonds. The third-order valence-electron chi connectivity index (χ3n) is 2.80. The van der Waals surface area contributed by atoms with Crippen LogP contribution in [0.1, 0.15) is 23.7 Å². The molecule has 0 aliphatic heterocycles. The lowest BCUT2D eigenvalue weighted by atomic mass is 10.2. The van der Waals surface area contributed by atoms with E-state index in [2.05, 4.69) is 31.6 Å². The van der Waals surface area contributed by atoms with Gasteiger partial charge in [0, 0.05) is 36.3 Å². The summed E-state index contributed by atoms with van der Waals surface area (Å²) in [4.78, 5) is 16.1. The fourth-order valence-corrected chi connectivity index (χ4v) is 2.20. The minimum atomic E-state index is -0.0925. The van der Waals surface area contributed by atoms with E-state index in [0.29, 0.717) is 31.2 Å². The van der Waals surface area contributed by atoms with Gasteiger partial charge in [-0.3, -0.25) is 9.79 Å². The first-order chi connectivity index (χ1) is 10.5. The maximum absolute atomic E-state index is 11.9. The van der Waals surface area contributed by atoms with Crippen molar-refractivity contribution in [3.8, 4) is 0 Å². The zero-order chi connectivity index (χ0) is 16.4. The molecule has 0 radical (unpaired) electrons. The van der Waals surface area contributed by atoms with Crippen LogP contribution in [-0.2, 0) is 4.74 Å². The van der Waals surface area contributed by atoms with Crippen LogP contribution in [0.25, 0.3) is 0 Å². The number of ether oxygens (including phenoxy) is 1. The molecule has 0 heterocycles. The quantitative estimate of drug-likeness (QED) is 0.367. The van der Waals surface area contributed by atoms with Gasteiger partial charge in [0.25, 0.3) is 5.91 Å². The Hall–Kier alpha value is -1.60. The van der Waals surface area contributed by atoms with Crippen molar-refractivity contribution >= 4 is 27.8 Å². The number of rotatable bonds is 8. The molecule has 1 unspecified atom stereocenters. The molecule has 0 fully saturated rings. The van der Waals surface area contributed by atoms with Gasteiger partial charge in [-0.2, -0.15) is 0 Å². The Labute approximate surface area is 139 Å². The van der Waals surface area contributed by atoms with Gasteiger partial charge in [0.15, 0.2) is 5.96 Å². The van der Waals surface area contributed by atoms with E-state index in [1.807, 2.05) is 19.1 Å². The van der Waals surface area contributed by atoms with E-state index in [1.54, 1.807) is 19.2 Å². The lowest BCUT2D eigenvalue weighted by Crippen LogP contribution is -2.40. The number of aliphatic imine (C=N–C) groups is 1. The van der Waals surface area contributed by atoms with Crippen LogP contribution < -0.4 is 16.4 Å². The highest BCUT2D eigenvalue weighted by Gasteiger charge is 2.04. The third-order valence-corrected chi connectivity index (χ3v) is 3.29. The van der Waals surface area contributed by atoms with Gasteiger partial charge in [0.1, 0.15) is 0 Å². The molecular formula is C15H23BrN4O2. The van der Waals surface area contributed by atoms with Crippen molar-refractivity contribution in [1.82, 2.24) is 10.6 Å². The van der Waals surface area contributed by atoms with E-state index in [1.165, 1.54) is 0 Å². The molecule has 0 bridgehead atoms. The monoisotopic (exact) mass is 370 g/mol. The maximum atomic E-state index is 11.9. The van der Waals surface area contributed by atoms with Crippen molar-refractivity contribution < 1.29 is 9.53 Å². The molecule has 1 aromatic rings. The van der Waals surface area contributed by atoms with Crippen LogP contribution in [0.3, 0.4) is 0 Å². The van der Waals surface area contributed by atoms with Crippen LogP contribution in [0.5, 0.6) is 0 Å². The Bertz CT molecular complexity index is 508. The number of hydrogen-bond acceptors (Lipinski definition) is 3. The smallest absolute Gasteiger partial charge is 0.251 e. The Morgan fingerprint density at radius 1 is 1.50 bits per heavy atom. The normalized spacial score (nSPS) is 12.8. The highest BCUT2D eigenvalue weighted by molar-refractivity contribution is 9.10. The second-order valence-corrected chi connectivity index (χ2v) is 5.80. The van der Waals surface area contributed by atoms with Crippen molar-refractivity contribution in [2.75, 3.05) is 26.8 Å². The molecule has 4 N–H and O–H groups in total. The zero-order valence-corrected chi connectivity index (χ0v) is 14.5. The van der Waals surface area contributed by atoms with Gasteiger partial charge in [0.05, 0.1) is 6.61 Å². The molecule has 1 atom stereocenters. The summed E-state index contributed by atoms with van der Waals surface area (Å²) in [5.74, 6) is 0.299.